The molecular formula is C25H22N4O3S. The molecule has 3 aromatic carbocycles. The normalized spacial score (nSPS) is 13.0. The largest absolute Gasteiger partial charge is 0.454 e. The lowest BCUT2D eigenvalue weighted by atomic mass is 10.2. The van der Waals surface area contributed by atoms with Crippen LogP contribution in [0.15, 0.2) is 84.0 Å². The van der Waals surface area contributed by atoms with E-state index in [4.69, 9.17) is 9.47 Å². The highest BCUT2D eigenvalue weighted by Gasteiger charge is 2.25. The molecule has 33 heavy (non-hydrogen) atoms. The summed E-state index contributed by atoms with van der Waals surface area (Å²) >= 11 is 1.38. The Kier molecular flexibility index (Phi) is 5.75. The molecule has 0 radical (unpaired) electrons. The zero-order valence-corrected chi connectivity index (χ0v) is 19.0. The number of hydrogen-bond acceptors (Lipinski definition) is 6. The molecule has 4 aromatic rings. The minimum Gasteiger partial charge on any atom is -0.454 e. The summed E-state index contributed by atoms with van der Waals surface area (Å²) in [4.78, 5) is 14.8. The smallest absolute Gasteiger partial charge is 0.240 e. The van der Waals surface area contributed by atoms with Gasteiger partial charge in [0.1, 0.15) is 0 Å². The van der Waals surface area contributed by atoms with Crippen LogP contribution in [-0.2, 0) is 4.79 Å². The number of benzene rings is 3. The van der Waals surface area contributed by atoms with Crippen LogP contribution in [0.5, 0.6) is 11.5 Å². The van der Waals surface area contributed by atoms with Gasteiger partial charge in [0.05, 0.1) is 5.25 Å². The molecule has 2 heterocycles. The van der Waals surface area contributed by atoms with Gasteiger partial charge in [-0.1, -0.05) is 48.2 Å². The fraction of sp³-hybridized carbons (Fsp3) is 0.160. The molecule has 166 valence electrons. The molecule has 0 saturated carbocycles. The Morgan fingerprint density at radius 2 is 1.67 bits per heavy atom. The molecule has 0 bridgehead atoms. The molecule has 0 N–H and O–H groups in total. The second-order valence-corrected chi connectivity index (χ2v) is 8.85. The third-order valence-electron chi connectivity index (χ3n) is 5.38. The van der Waals surface area contributed by atoms with Gasteiger partial charge in [0.25, 0.3) is 0 Å². The molecule has 8 heteroatoms. The Balaban J connectivity index is 1.48. The number of carbonyl (C=O) groups is 1. The highest BCUT2D eigenvalue weighted by atomic mass is 32.2. The molecule has 1 aliphatic heterocycles. The van der Waals surface area contributed by atoms with Crippen LogP contribution >= 0.6 is 11.8 Å². The van der Waals surface area contributed by atoms with Crippen molar-refractivity contribution in [1.29, 1.82) is 0 Å². The molecule has 1 aromatic heterocycles. The minimum absolute atomic E-state index is 0.0153. The van der Waals surface area contributed by atoms with Gasteiger partial charge in [0.2, 0.25) is 12.7 Å². The molecule has 0 spiro atoms. The van der Waals surface area contributed by atoms with E-state index in [1.54, 1.807) is 11.9 Å². The van der Waals surface area contributed by atoms with Crippen LogP contribution in [0.25, 0.3) is 17.1 Å². The van der Waals surface area contributed by atoms with Crippen LogP contribution in [0.1, 0.15) is 6.92 Å². The van der Waals surface area contributed by atoms with Crippen LogP contribution in [0.3, 0.4) is 0 Å². The first kappa shape index (κ1) is 21.1. The van der Waals surface area contributed by atoms with E-state index >= 15 is 0 Å². The number of ether oxygens (including phenoxy) is 2. The van der Waals surface area contributed by atoms with Crippen molar-refractivity contribution in [2.24, 2.45) is 0 Å². The van der Waals surface area contributed by atoms with Crippen molar-refractivity contribution in [2.75, 3.05) is 18.7 Å². The van der Waals surface area contributed by atoms with Crippen LogP contribution in [-0.4, -0.2) is 39.8 Å². The maximum atomic E-state index is 13.1. The lowest BCUT2D eigenvalue weighted by Crippen LogP contribution is -2.33. The fourth-order valence-electron chi connectivity index (χ4n) is 3.64. The van der Waals surface area contributed by atoms with Crippen LogP contribution in [0.2, 0.25) is 0 Å². The van der Waals surface area contributed by atoms with Gasteiger partial charge in [-0.3, -0.25) is 9.36 Å². The maximum absolute atomic E-state index is 13.1. The zero-order valence-electron chi connectivity index (χ0n) is 18.2. The van der Waals surface area contributed by atoms with Crippen LogP contribution < -0.4 is 14.4 Å². The van der Waals surface area contributed by atoms with Crippen molar-refractivity contribution < 1.29 is 14.3 Å². The molecule has 5 rings (SSSR count). The van der Waals surface area contributed by atoms with Crippen LogP contribution in [0.4, 0.5) is 5.69 Å². The molecule has 0 saturated heterocycles. The Bertz CT molecular complexity index is 1280. The monoisotopic (exact) mass is 458 g/mol. The number of thioether (sulfide) groups is 1. The Morgan fingerprint density at radius 3 is 2.42 bits per heavy atom. The number of hydrogen-bond donors (Lipinski definition) is 0. The summed E-state index contributed by atoms with van der Waals surface area (Å²) in [5, 5.41) is 9.19. The van der Waals surface area contributed by atoms with E-state index in [-0.39, 0.29) is 18.0 Å². The number of carbonyl (C=O) groups excluding carboxylic acids is 1. The van der Waals surface area contributed by atoms with E-state index in [1.807, 2.05) is 90.4 Å². The van der Waals surface area contributed by atoms with Crippen molar-refractivity contribution in [3.05, 3.63) is 78.9 Å². The van der Waals surface area contributed by atoms with Crippen molar-refractivity contribution in [1.82, 2.24) is 14.8 Å². The second-order valence-electron chi connectivity index (χ2n) is 7.54. The molecule has 0 fully saturated rings. The van der Waals surface area contributed by atoms with Gasteiger partial charge in [-0.25, -0.2) is 0 Å². The lowest BCUT2D eigenvalue weighted by molar-refractivity contribution is -0.117. The summed E-state index contributed by atoms with van der Waals surface area (Å²) in [6, 6.07) is 25.2. The van der Waals surface area contributed by atoms with Gasteiger partial charge in [-0.05, 0) is 49.4 Å². The van der Waals surface area contributed by atoms with E-state index in [2.05, 4.69) is 10.2 Å². The Labute approximate surface area is 196 Å². The van der Waals surface area contributed by atoms with Gasteiger partial charge in [-0.15, -0.1) is 10.2 Å². The van der Waals surface area contributed by atoms with E-state index in [1.165, 1.54) is 11.8 Å². The third-order valence-corrected chi connectivity index (χ3v) is 6.41. The third kappa shape index (κ3) is 4.17. The number of rotatable bonds is 6. The fourth-order valence-corrected chi connectivity index (χ4v) is 4.60. The molecule has 0 aliphatic carbocycles. The average Bonchev–Trinajstić information content (AvgIpc) is 3.50. The predicted octanol–water partition coefficient (Wildman–Crippen LogP) is 4.81. The summed E-state index contributed by atoms with van der Waals surface area (Å²) in [5.41, 5.74) is 2.61. The van der Waals surface area contributed by atoms with Crippen molar-refractivity contribution in [2.45, 2.75) is 17.3 Å². The first-order chi connectivity index (χ1) is 16.1. The molecule has 7 nitrogen and oxygen atoms in total. The standard InChI is InChI=1S/C25H22N4O3S/c1-17(24(30)28(2)19-9-5-3-6-10-19)33-25-27-26-23(29(25)20-11-7-4-8-12-20)18-13-14-21-22(15-18)32-16-31-21/h3-15,17H,16H2,1-2H3/t17-/m0/s1. The van der Waals surface area contributed by atoms with E-state index in [9.17, 15) is 4.79 Å². The quantitative estimate of drug-likeness (QED) is 0.387. The van der Waals surface area contributed by atoms with Gasteiger partial charge < -0.3 is 14.4 Å². The van der Waals surface area contributed by atoms with E-state index < -0.39 is 0 Å². The van der Waals surface area contributed by atoms with Gasteiger partial charge >= 0.3 is 0 Å². The number of anilines is 1. The summed E-state index contributed by atoms with van der Waals surface area (Å²) in [6.07, 6.45) is 0. The summed E-state index contributed by atoms with van der Waals surface area (Å²) < 4.78 is 12.9. The van der Waals surface area contributed by atoms with Crippen LogP contribution in [0, 0.1) is 0 Å². The summed E-state index contributed by atoms with van der Waals surface area (Å²) in [6.45, 7) is 2.09. The maximum Gasteiger partial charge on any atom is 0.240 e. The minimum atomic E-state index is -0.369. The lowest BCUT2D eigenvalue weighted by Gasteiger charge is -2.21. The molecule has 0 unspecified atom stereocenters. The molecule has 1 atom stereocenters. The highest BCUT2D eigenvalue weighted by Crippen LogP contribution is 2.37. The molecular weight excluding hydrogens is 436 g/mol. The highest BCUT2D eigenvalue weighted by molar-refractivity contribution is 8.00. The number of para-hydroxylation sites is 2. The van der Waals surface area contributed by atoms with Crippen molar-refractivity contribution in [3.8, 4) is 28.6 Å². The number of fused-ring (bicyclic) bond motifs is 1. The zero-order chi connectivity index (χ0) is 22.8. The topological polar surface area (TPSA) is 69.5 Å². The molecule has 1 aliphatic rings. The number of amides is 1. The summed E-state index contributed by atoms with van der Waals surface area (Å²) in [7, 11) is 1.79. The average molecular weight is 459 g/mol. The number of aromatic nitrogens is 3. The summed E-state index contributed by atoms with van der Waals surface area (Å²) in [5.74, 6) is 2.04. The second kappa shape index (κ2) is 8.99. The van der Waals surface area contributed by atoms with Crippen molar-refractivity contribution in [3.63, 3.8) is 0 Å². The Hall–Kier alpha value is -3.78. The van der Waals surface area contributed by atoms with Gasteiger partial charge in [-0.2, -0.15) is 0 Å². The van der Waals surface area contributed by atoms with Crippen molar-refractivity contribution >= 4 is 23.4 Å². The first-order valence-corrected chi connectivity index (χ1v) is 11.4. The van der Waals surface area contributed by atoms with Gasteiger partial charge in [0, 0.05) is 24.0 Å². The Morgan fingerprint density at radius 1 is 0.970 bits per heavy atom. The SMILES string of the molecule is C[C@H](Sc1nnc(-c2ccc3c(c2)OCO3)n1-c1ccccc1)C(=O)N(C)c1ccccc1. The van der Waals surface area contributed by atoms with E-state index in [0.29, 0.717) is 22.5 Å². The van der Waals surface area contributed by atoms with E-state index in [0.717, 1.165) is 16.9 Å². The number of nitrogens with zero attached hydrogens (tertiary/aromatic N) is 4. The van der Waals surface area contributed by atoms with Gasteiger partial charge in [0.15, 0.2) is 22.5 Å². The molecule has 1 amide bonds. The first-order valence-electron chi connectivity index (χ1n) is 10.5. The predicted molar refractivity (Wildman–Crippen MR) is 128 cm³/mol.